The van der Waals surface area contributed by atoms with Crippen LogP contribution in [0, 0.1) is 12.7 Å². The number of rotatable bonds is 5. The lowest BCUT2D eigenvalue weighted by molar-refractivity contribution is 0.0953. The second-order valence-corrected chi connectivity index (χ2v) is 5.96. The van der Waals surface area contributed by atoms with Crippen molar-refractivity contribution in [3.63, 3.8) is 0 Å². The summed E-state index contributed by atoms with van der Waals surface area (Å²) in [6, 6.07) is 18.1. The molecule has 1 heterocycles. The van der Waals surface area contributed by atoms with Crippen molar-refractivity contribution in [3.8, 4) is 16.9 Å². The van der Waals surface area contributed by atoms with Gasteiger partial charge in [0.1, 0.15) is 5.82 Å². The fourth-order valence-electron chi connectivity index (χ4n) is 2.91. The normalized spacial score (nSPS) is 10.7. The third kappa shape index (κ3) is 3.48. The first-order valence-corrected chi connectivity index (χ1v) is 8.43. The maximum atomic E-state index is 13.3. The van der Waals surface area contributed by atoms with Gasteiger partial charge < -0.3 is 9.88 Å². The highest BCUT2D eigenvalue weighted by molar-refractivity contribution is 5.97. The van der Waals surface area contributed by atoms with Crippen molar-refractivity contribution in [2.45, 2.75) is 20.3 Å². The summed E-state index contributed by atoms with van der Waals surface area (Å²) in [5, 5.41) is 2.93. The number of nitrogens with one attached hydrogen (secondary N) is 1. The summed E-state index contributed by atoms with van der Waals surface area (Å²) in [5.41, 5.74) is 4.21. The van der Waals surface area contributed by atoms with Crippen LogP contribution in [0.15, 0.2) is 60.7 Å². The molecule has 0 radical (unpaired) electrons. The molecular weight excluding hydrogens is 315 g/mol. The first-order chi connectivity index (χ1) is 12.1. The molecule has 0 unspecified atom stereocenters. The number of benzene rings is 2. The quantitative estimate of drug-likeness (QED) is 0.718. The van der Waals surface area contributed by atoms with Gasteiger partial charge in [0.25, 0.3) is 5.91 Å². The zero-order valence-corrected chi connectivity index (χ0v) is 14.4. The number of hydrogen-bond acceptors (Lipinski definition) is 1. The topological polar surface area (TPSA) is 34.0 Å². The molecule has 0 fully saturated rings. The summed E-state index contributed by atoms with van der Waals surface area (Å²) in [6.07, 6.45) is 0.884. The smallest absolute Gasteiger partial charge is 0.253 e. The van der Waals surface area contributed by atoms with Gasteiger partial charge in [-0.3, -0.25) is 4.79 Å². The zero-order chi connectivity index (χ0) is 17.8. The summed E-state index contributed by atoms with van der Waals surface area (Å²) in [5.74, 6) is -0.367. The Morgan fingerprint density at radius 2 is 1.76 bits per heavy atom. The standard InChI is InChI=1S/C21H21FN2O/c1-3-13-23-21(25)19-14-20(16-7-5-4-6-8-16)24(15(19)2)18-11-9-17(22)10-12-18/h4-12,14H,3,13H2,1-2H3,(H,23,25). The molecule has 3 nitrogen and oxygen atoms in total. The van der Waals surface area contributed by atoms with E-state index in [4.69, 9.17) is 0 Å². The van der Waals surface area contributed by atoms with E-state index in [1.54, 1.807) is 12.1 Å². The Bertz CT molecular complexity index is 867. The fraction of sp³-hybridized carbons (Fsp3) is 0.190. The van der Waals surface area contributed by atoms with Crippen LogP contribution in [0.5, 0.6) is 0 Å². The van der Waals surface area contributed by atoms with Crippen molar-refractivity contribution in [1.29, 1.82) is 0 Å². The average Bonchev–Trinajstić information content (AvgIpc) is 2.98. The van der Waals surface area contributed by atoms with Crippen LogP contribution in [-0.2, 0) is 0 Å². The fourth-order valence-corrected chi connectivity index (χ4v) is 2.91. The lowest BCUT2D eigenvalue weighted by atomic mass is 10.1. The molecule has 0 atom stereocenters. The number of amides is 1. The summed E-state index contributed by atoms with van der Waals surface area (Å²) < 4.78 is 15.3. The molecule has 3 aromatic rings. The van der Waals surface area contributed by atoms with Crippen LogP contribution >= 0.6 is 0 Å². The predicted molar refractivity (Wildman–Crippen MR) is 98.5 cm³/mol. The van der Waals surface area contributed by atoms with Crippen LogP contribution in [0.1, 0.15) is 29.4 Å². The number of hydrogen-bond donors (Lipinski definition) is 1. The molecule has 0 saturated carbocycles. The van der Waals surface area contributed by atoms with Crippen LogP contribution in [-0.4, -0.2) is 17.0 Å². The Hall–Kier alpha value is -2.88. The van der Waals surface area contributed by atoms with Gasteiger partial charge in [-0.15, -0.1) is 0 Å². The lowest BCUT2D eigenvalue weighted by Gasteiger charge is -2.12. The molecule has 4 heteroatoms. The maximum absolute atomic E-state index is 13.3. The zero-order valence-electron chi connectivity index (χ0n) is 14.4. The third-order valence-electron chi connectivity index (χ3n) is 4.18. The van der Waals surface area contributed by atoms with Crippen LogP contribution < -0.4 is 5.32 Å². The highest BCUT2D eigenvalue weighted by Crippen LogP contribution is 2.29. The minimum atomic E-state index is -0.282. The Kier molecular flexibility index (Phi) is 4.98. The molecule has 0 bridgehead atoms. The van der Waals surface area contributed by atoms with E-state index >= 15 is 0 Å². The SMILES string of the molecule is CCCNC(=O)c1cc(-c2ccccc2)n(-c2ccc(F)cc2)c1C. The third-order valence-corrected chi connectivity index (χ3v) is 4.18. The Labute approximate surface area is 147 Å². The Morgan fingerprint density at radius 3 is 2.40 bits per heavy atom. The van der Waals surface area contributed by atoms with Crippen molar-refractivity contribution in [3.05, 3.63) is 77.7 Å². The van der Waals surface area contributed by atoms with Crippen molar-refractivity contribution >= 4 is 5.91 Å². The number of aromatic nitrogens is 1. The van der Waals surface area contributed by atoms with Crippen LogP contribution in [0.25, 0.3) is 16.9 Å². The lowest BCUT2D eigenvalue weighted by Crippen LogP contribution is -2.24. The van der Waals surface area contributed by atoms with Crippen LogP contribution in [0.4, 0.5) is 4.39 Å². The monoisotopic (exact) mass is 336 g/mol. The van der Waals surface area contributed by atoms with Gasteiger partial charge in [-0.1, -0.05) is 37.3 Å². The van der Waals surface area contributed by atoms with E-state index < -0.39 is 0 Å². The molecule has 0 aliphatic carbocycles. The largest absolute Gasteiger partial charge is 0.352 e. The number of carbonyl (C=O) groups is 1. The molecule has 0 saturated heterocycles. The molecule has 1 aromatic heterocycles. The van der Waals surface area contributed by atoms with Gasteiger partial charge in [-0.25, -0.2) is 4.39 Å². The van der Waals surface area contributed by atoms with E-state index in [9.17, 15) is 9.18 Å². The molecule has 2 aromatic carbocycles. The first kappa shape index (κ1) is 17.0. The van der Waals surface area contributed by atoms with E-state index in [0.717, 1.165) is 29.1 Å². The van der Waals surface area contributed by atoms with Crippen molar-refractivity contribution in [2.24, 2.45) is 0 Å². The minimum absolute atomic E-state index is 0.0857. The average molecular weight is 336 g/mol. The summed E-state index contributed by atoms with van der Waals surface area (Å²) in [6.45, 7) is 4.57. The summed E-state index contributed by atoms with van der Waals surface area (Å²) in [4.78, 5) is 12.5. The van der Waals surface area contributed by atoms with Gasteiger partial charge in [0, 0.05) is 17.9 Å². The number of nitrogens with zero attached hydrogens (tertiary/aromatic N) is 1. The van der Waals surface area contributed by atoms with Gasteiger partial charge >= 0.3 is 0 Å². The molecule has 1 N–H and O–H groups in total. The molecule has 1 amide bonds. The van der Waals surface area contributed by atoms with E-state index in [-0.39, 0.29) is 11.7 Å². The first-order valence-electron chi connectivity index (χ1n) is 8.43. The number of carbonyl (C=O) groups excluding carboxylic acids is 1. The van der Waals surface area contributed by atoms with Crippen LogP contribution in [0.2, 0.25) is 0 Å². The molecule has 25 heavy (non-hydrogen) atoms. The predicted octanol–water partition coefficient (Wildman–Crippen LogP) is 4.73. The van der Waals surface area contributed by atoms with Crippen LogP contribution in [0.3, 0.4) is 0 Å². The van der Waals surface area contributed by atoms with Gasteiger partial charge in [-0.2, -0.15) is 0 Å². The number of halogens is 1. The minimum Gasteiger partial charge on any atom is -0.352 e. The van der Waals surface area contributed by atoms with Gasteiger partial charge in [0.05, 0.1) is 11.3 Å². The van der Waals surface area contributed by atoms with Crippen molar-refractivity contribution in [2.75, 3.05) is 6.54 Å². The Balaban J connectivity index is 2.15. The highest BCUT2D eigenvalue weighted by atomic mass is 19.1. The molecule has 128 valence electrons. The highest BCUT2D eigenvalue weighted by Gasteiger charge is 2.19. The molecule has 3 rings (SSSR count). The molecule has 0 spiro atoms. The van der Waals surface area contributed by atoms with Gasteiger partial charge in [0.2, 0.25) is 0 Å². The van der Waals surface area contributed by atoms with Crippen molar-refractivity contribution in [1.82, 2.24) is 9.88 Å². The van der Waals surface area contributed by atoms with E-state index in [1.165, 1.54) is 12.1 Å². The maximum Gasteiger partial charge on any atom is 0.253 e. The molecule has 0 aliphatic heterocycles. The Morgan fingerprint density at radius 1 is 1.08 bits per heavy atom. The van der Waals surface area contributed by atoms with E-state index in [2.05, 4.69) is 5.32 Å². The van der Waals surface area contributed by atoms with Gasteiger partial charge in [-0.05, 0) is 49.2 Å². The molecule has 0 aliphatic rings. The molecular formula is C21H21FN2O. The van der Waals surface area contributed by atoms with E-state index in [1.807, 2.05) is 54.8 Å². The summed E-state index contributed by atoms with van der Waals surface area (Å²) >= 11 is 0. The van der Waals surface area contributed by atoms with Crippen molar-refractivity contribution < 1.29 is 9.18 Å². The van der Waals surface area contributed by atoms with Gasteiger partial charge in [0.15, 0.2) is 0 Å². The van der Waals surface area contributed by atoms with E-state index in [0.29, 0.717) is 12.1 Å². The second-order valence-electron chi connectivity index (χ2n) is 5.96. The summed E-state index contributed by atoms with van der Waals surface area (Å²) in [7, 11) is 0. The second kappa shape index (κ2) is 7.34.